The molecule has 3 N–H and O–H groups in total. The number of pyridine rings is 1. The average molecular weight is 517 g/mol. The van der Waals surface area contributed by atoms with Crippen molar-refractivity contribution < 1.29 is 9.53 Å². The first-order chi connectivity index (χ1) is 18.2. The monoisotopic (exact) mass is 516 g/mol. The summed E-state index contributed by atoms with van der Waals surface area (Å²) in [6, 6.07) is 6.18. The molecule has 9 heteroatoms. The summed E-state index contributed by atoms with van der Waals surface area (Å²) in [6.45, 7) is 13.2. The molecular formula is C29H36N6O3. The molecule has 38 heavy (non-hydrogen) atoms. The molecule has 1 aromatic carbocycles. The molecule has 9 nitrogen and oxygen atoms in total. The topological polar surface area (TPSA) is 104 Å². The van der Waals surface area contributed by atoms with Crippen LogP contribution in [0.5, 0.6) is 0 Å². The van der Waals surface area contributed by atoms with E-state index >= 15 is 0 Å². The molecule has 200 valence electrons. The van der Waals surface area contributed by atoms with Crippen LogP contribution < -0.4 is 16.2 Å². The van der Waals surface area contributed by atoms with Gasteiger partial charge in [-0.25, -0.2) is 4.99 Å². The number of hydrogen-bond acceptors (Lipinski definition) is 6. The van der Waals surface area contributed by atoms with E-state index in [1.807, 2.05) is 45.2 Å². The Bertz CT molecular complexity index is 1490. The molecule has 5 rings (SSSR count). The molecule has 0 saturated carbocycles. The Morgan fingerprint density at radius 1 is 1.16 bits per heavy atom. The van der Waals surface area contributed by atoms with E-state index in [0.29, 0.717) is 24.3 Å². The molecule has 0 spiro atoms. The number of nitrogens with one attached hydrogen (secondary N) is 3. The molecule has 1 saturated heterocycles. The lowest BCUT2D eigenvalue weighted by atomic mass is 9.99. The first-order valence-corrected chi connectivity index (χ1v) is 13.2. The fourth-order valence-electron chi connectivity index (χ4n) is 5.31. The van der Waals surface area contributed by atoms with Crippen molar-refractivity contribution in [3.05, 3.63) is 80.5 Å². The zero-order valence-corrected chi connectivity index (χ0v) is 22.7. The number of H-pyrrole nitrogens is 1. The van der Waals surface area contributed by atoms with E-state index in [0.717, 1.165) is 52.1 Å². The zero-order valence-electron chi connectivity index (χ0n) is 22.7. The second kappa shape index (κ2) is 10.6. The van der Waals surface area contributed by atoms with Crippen molar-refractivity contribution in [1.82, 2.24) is 25.1 Å². The van der Waals surface area contributed by atoms with Crippen LogP contribution in [0.4, 0.5) is 0 Å². The van der Waals surface area contributed by atoms with Crippen LogP contribution in [0.1, 0.15) is 58.2 Å². The Morgan fingerprint density at radius 3 is 2.63 bits per heavy atom. The van der Waals surface area contributed by atoms with Gasteiger partial charge in [-0.3, -0.25) is 14.5 Å². The molecule has 0 radical (unpaired) electrons. The van der Waals surface area contributed by atoms with E-state index in [4.69, 9.17) is 9.73 Å². The summed E-state index contributed by atoms with van der Waals surface area (Å²) in [5.74, 6) is -0.218. The Balaban J connectivity index is 1.54. The van der Waals surface area contributed by atoms with E-state index in [9.17, 15) is 9.59 Å². The van der Waals surface area contributed by atoms with E-state index in [2.05, 4.69) is 51.2 Å². The van der Waals surface area contributed by atoms with Gasteiger partial charge in [-0.15, -0.1) is 0 Å². The van der Waals surface area contributed by atoms with Crippen molar-refractivity contribution in [1.29, 1.82) is 0 Å². The Morgan fingerprint density at radius 2 is 1.92 bits per heavy atom. The molecule has 1 atom stereocenters. The van der Waals surface area contributed by atoms with E-state index in [1.54, 1.807) is 0 Å². The van der Waals surface area contributed by atoms with Crippen molar-refractivity contribution in [2.75, 3.05) is 26.3 Å². The van der Waals surface area contributed by atoms with Gasteiger partial charge in [0.25, 0.3) is 11.5 Å². The molecule has 0 bridgehead atoms. The molecule has 2 aliphatic rings. The first kappa shape index (κ1) is 25.9. The lowest BCUT2D eigenvalue weighted by Gasteiger charge is -2.33. The van der Waals surface area contributed by atoms with Crippen molar-refractivity contribution in [3.63, 3.8) is 0 Å². The van der Waals surface area contributed by atoms with Gasteiger partial charge in [-0.05, 0) is 70.0 Å². The summed E-state index contributed by atoms with van der Waals surface area (Å²) in [4.78, 5) is 36.3. The minimum atomic E-state index is -0.218. The number of rotatable bonds is 6. The van der Waals surface area contributed by atoms with Gasteiger partial charge in [-0.2, -0.15) is 0 Å². The molecule has 1 amide bonds. The second-order valence-corrected chi connectivity index (χ2v) is 10.4. The number of benzene rings is 1. The summed E-state index contributed by atoms with van der Waals surface area (Å²) in [5.41, 5.74) is 6.34. The third-order valence-electron chi connectivity index (χ3n) is 7.28. The van der Waals surface area contributed by atoms with Crippen LogP contribution in [0, 0.1) is 20.8 Å². The summed E-state index contributed by atoms with van der Waals surface area (Å²) < 4.78 is 7.70. The number of aromatic nitrogens is 2. The molecule has 2 aromatic heterocycles. The van der Waals surface area contributed by atoms with Gasteiger partial charge in [0.1, 0.15) is 0 Å². The Hall–Kier alpha value is -3.69. The molecular weight excluding hydrogens is 480 g/mol. The van der Waals surface area contributed by atoms with Gasteiger partial charge in [-0.1, -0.05) is 0 Å². The van der Waals surface area contributed by atoms with Gasteiger partial charge in [0.2, 0.25) is 0 Å². The fourth-order valence-corrected chi connectivity index (χ4v) is 5.31. The van der Waals surface area contributed by atoms with Crippen molar-refractivity contribution in [2.24, 2.45) is 4.99 Å². The van der Waals surface area contributed by atoms with Gasteiger partial charge < -0.3 is 24.9 Å². The van der Waals surface area contributed by atoms with Crippen molar-refractivity contribution in [3.8, 4) is 0 Å². The number of aryl methyl sites for hydroxylation is 3. The van der Waals surface area contributed by atoms with Gasteiger partial charge in [0.05, 0.1) is 18.9 Å². The van der Waals surface area contributed by atoms with Gasteiger partial charge >= 0.3 is 0 Å². The normalized spacial score (nSPS) is 18.1. The number of hydrogen-bond donors (Lipinski definition) is 3. The zero-order chi connectivity index (χ0) is 27.0. The van der Waals surface area contributed by atoms with Crippen LogP contribution in [0.15, 0.2) is 46.5 Å². The summed E-state index contributed by atoms with van der Waals surface area (Å²) >= 11 is 0. The minimum Gasteiger partial charge on any atom is -0.379 e. The maximum absolute atomic E-state index is 13.7. The smallest absolute Gasteiger partial charge is 0.253 e. The third kappa shape index (κ3) is 5.04. The Labute approximate surface area is 222 Å². The third-order valence-corrected chi connectivity index (χ3v) is 7.28. The van der Waals surface area contributed by atoms with Crippen LogP contribution in [0.2, 0.25) is 0 Å². The summed E-state index contributed by atoms with van der Waals surface area (Å²) in [6.07, 6.45) is 5.79. The highest BCUT2D eigenvalue weighted by molar-refractivity contribution is 6.15. The molecule has 0 aliphatic carbocycles. The van der Waals surface area contributed by atoms with Gasteiger partial charge in [0.15, 0.2) is 6.29 Å². The van der Waals surface area contributed by atoms with E-state index < -0.39 is 0 Å². The van der Waals surface area contributed by atoms with Crippen LogP contribution >= 0.6 is 0 Å². The predicted octanol–water partition coefficient (Wildman–Crippen LogP) is 3.29. The number of carbonyl (C=O) groups excluding carboxylic acids is 1. The predicted molar refractivity (Wildman–Crippen MR) is 150 cm³/mol. The van der Waals surface area contributed by atoms with Crippen LogP contribution in [0.3, 0.4) is 0 Å². The number of ether oxygens (including phenoxy) is 1. The second-order valence-electron chi connectivity index (χ2n) is 10.4. The highest BCUT2D eigenvalue weighted by atomic mass is 16.5. The number of morpholine rings is 1. The number of fused-ring (bicyclic) bond motifs is 1. The number of nitrogens with zero attached hydrogens (tertiary/aromatic N) is 3. The minimum absolute atomic E-state index is 0.153. The number of allylic oxidation sites excluding steroid dienone is 1. The number of aliphatic imine (C=N–C) groups is 1. The molecule has 4 heterocycles. The van der Waals surface area contributed by atoms with Crippen LogP contribution in [-0.2, 0) is 11.3 Å². The number of carbonyl (C=O) groups is 1. The quantitative estimate of drug-likeness (QED) is 0.467. The van der Waals surface area contributed by atoms with Crippen LogP contribution in [-0.4, -0.2) is 58.7 Å². The average Bonchev–Trinajstić information content (AvgIpc) is 3.24. The number of aromatic amines is 1. The van der Waals surface area contributed by atoms with Crippen molar-refractivity contribution in [2.45, 2.75) is 53.5 Å². The highest BCUT2D eigenvalue weighted by Crippen LogP contribution is 2.30. The van der Waals surface area contributed by atoms with Crippen LogP contribution in [0.25, 0.3) is 10.9 Å². The fraction of sp³-hybridized carbons (Fsp3) is 0.414. The Kier molecular flexibility index (Phi) is 7.23. The molecule has 1 fully saturated rings. The van der Waals surface area contributed by atoms with E-state index in [-0.39, 0.29) is 30.3 Å². The molecule has 3 aromatic rings. The van der Waals surface area contributed by atoms with Gasteiger partial charge in [0, 0.05) is 71.4 Å². The summed E-state index contributed by atoms with van der Waals surface area (Å²) in [5, 5.41) is 7.25. The molecule has 2 aliphatic heterocycles. The lowest BCUT2D eigenvalue weighted by Crippen LogP contribution is -2.49. The first-order valence-electron chi connectivity index (χ1n) is 13.2. The standard InChI is InChI=1S/C29H36N6O3/c1-17(2)35-16-19(4)26-22(27(36)31-15-23-18(3)12-20(5)32-28(23)37)13-21(14-25(26)35)24-6-7-30-29(33-24)34-8-10-38-11-9-34/h6-7,12-14,16-17,29-30H,8-11,15H2,1-5H3,(H,31,36)(H,32,37). The SMILES string of the molecule is Cc1cc(C)c(CNC(=O)c2cc(C3=NC(N4CCOCC4)NC=C3)cc3c2c(C)cn3C(C)C)c(=O)[nH]1. The molecule has 1 unspecified atom stereocenters. The lowest BCUT2D eigenvalue weighted by molar-refractivity contribution is 0.0138. The largest absolute Gasteiger partial charge is 0.379 e. The maximum Gasteiger partial charge on any atom is 0.253 e. The van der Waals surface area contributed by atoms with Crippen molar-refractivity contribution >= 4 is 22.5 Å². The number of amides is 1. The summed E-state index contributed by atoms with van der Waals surface area (Å²) in [7, 11) is 0. The highest BCUT2D eigenvalue weighted by Gasteiger charge is 2.24. The van der Waals surface area contributed by atoms with E-state index in [1.165, 1.54) is 0 Å². The maximum atomic E-state index is 13.7.